The number of phenols is 1. The minimum absolute atomic E-state index is 0.184. The lowest BCUT2D eigenvalue weighted by Gasteiger charge is -2.09. The number of benzene rings is 1. The van der Waals surface area contributed by atoms with Gasteiger partial charge in [0.15, 0.2) is 0 Å². The second-order valence-corrected chi connectivity index (χ2v) is 2.82. The van der Waals surface area contributed by atoms with Crippen LogP contribution in [0.4, 0.5) is 0 Å². The number of hydrogen-bond acceptors (Lipinski definition) is 3. The number of hydrogen-bond donors (Lipinski definition) is 3. The Bertz CT molecular complexity index is 295. The molecule has 1 aromatic rings. The van der Waals surface area contributed by atoms with E-state index in [2.05, 4.69) is 5.43 Å². The number of rotatable bonds is 2. The molecule has 0 saturated carbocycles. The average molecular weight is 180 g/mol. The van der Waals surface area contributed by atoms with Crippen LogP contribution in [-0.2, 0) is 4.79 Å². The largest absolute Gasteiger partial charge is 0.508 e. The van der Waals surface area contributed by atoms with Crippen LogP contribution in [0, 0.1) is 0 Å². The van der Waals surface area contributed by atoms with E-state index in [0.717, 1.165) is 5.56 Å². The standard InChI is InChI=1S/C9H12N2O2/c1-6(9(13)11-10)7-2-4-8(12)5-3-7/h2-6,12H,10H2,1H3,(H,11,13). The van der Waals surface area contributed by atoms with Crippen LogP contribution in [0.1, 0.15) is 18.4 Å². The van der Waals surface area contributed by atoms with Gasteiger partial charge in [-0.1, -0.05) is 12.1 Å². The fourth-order valence-corrected chi connectivity index (χ4v) is 1.04. The number of phenolic OH excluding ortho intramolecular Hbond substituents is 1. The maximum atomic E-state index is 11.1. The summed E-state index contributed by atoms with van der Waals surface area (Å²) < 4.78 is 0. The first-order chi connectivity index (χ1) is 6.15. The van der Waals surface area contributed by atoms with Gasteiger partial charge in [0.25, 0.3) is 0 Å². The zero-order chi connectivity index (χ0) is 9.84. The number of carbonyl (C=O) groups is 1. The molecule has 0 aliphatic rings. The molecule has 4 heteroatoms. The number of amides is 1. The van der Waals surface area contributed by atoms with Crippen LogP contribution >= 0.6 is 0 Å². The first-order valence-electron chi connectivity index (χ1n) is 3.94. The smallest absolute Gasteiger partial charge is 0.241 e. The molecule has 13 heavy (non-hydrogen) atoms. The van der Waals surface area contributed by atoms with E-state index in [9.17, 15) is 4.79 Å². The normalized spacial score (nSPS) is 12.2. The number of aromatic hydroxyl groups is 1. The van der Waals surface area contributed by atoms with Crippen LogP contribution < -0.4 is 11.3 Å². The maximum Gasteiger partial charge on any atom is 0.241 e. The second kappa shape index (κ2) is 3.91. The predicted molar refractivity (Wildman–Crippen MR) is 48.9 cm³/mol. The van der Waals surface area contributed by atoms with Crippen LogP contribution in [-0.4, -0.2) is 11.0 Å². The third kappa shape index (κ3) is 2.19. The van der Waals surface area contributed by atoms with Gasteiger partial charge in [-0.15, -0.1) is 0 Å². The summed E-state index contributed by atoms with van der Waals surface area (Å²) in [5.41, 5.74) is 2.90. The van der Waals surface area contributed by atoms with Gasteiger partial charge in [0.05, 0.1) is 5.92 Å². The van der Waals surface area contributed by atoms with Crippen molar-refractivity contribution in [3.8, 4) is 5.75 Å². The molecule has 1 amide bonds. The first-order valence-corrected chi connectivity index (χ1v) is 3.94. The Labute approximate surface area is 76.3 Å². The van der Waals surface area contributed by atoms with Crippen molar-refractivity contribution in [1.82, 2.24) is 5.43 Å². The van der Waals surface area contributed by atoms with Gasteiger partial charge >= 0.3 is 0 Å². The topological polar surface area (TPSA) is 75.4 Å². The van der Waals surface area contributed by atoms with Gasteiger partial charge in [-0.3, -0.25) is 10.2 Å². The van der Waals surface area contributed by atoms with Crippen LogP contribution in [0.25, 0.3) is 0 Å². The molecule has 0 aliphatic heterocycles. The van der Waals surface area contributed by atoms with Crippen molar-refractivity contribution in [1.29, 1.82) is 0 Å². The van der Waals surface area contributed by atoms with Crippen LogP contribution in [0.3, 0.4) is 0 Å². The summed E-state index contributed by atoms with van der Waals surface area (Å²) in [5, 5.41) is 9.01. The molecule has 0 aliphatic carbocycles. The molecule has 1 atom stereocenters. The van der Waals surface area contributed by atoms with E-state index in [4.69, 9.17) is 10.9 Å². The summed E-state index contributed by atoms with van der Waals surface area (Å²) in [5.74, 6) is 4.63. The Morgan fingerprint density at radius 1 is 1.46 bits per heavy atom. The summed E-state index contributed by atoms with van der Waals surface area (Å²) in [6.07, 6.45) is 0. The Morgan fingerprint density at radius 2 is 2.00 bits per heavy atom. The number of carbonyl (C=O) groups excluding carboxylic acids is 1. The van der Waals surface area contributed by atoms with Crippen molar-refractivity contribution >= 4 is 5.91 Å². The molecule has 1 unspecified atom stereocenters. The number of hydrazine groups is 1. The highest BCUT2D eigenvalue weighted by Crippen LogP contribution is 2.17. The van der Waals surface area contributed by atoms with Gasteiger partial charge in [0, 0.05) is 0 Å². The molecular weight excluding hydrogens is 168 g/mol. The quantitative estimate of drug-likeness (QED) is 0.352. The van der Waals surface area contributed by atoms with Crippen molar-refractivity contribution in [2.24, 2.45) is 5.84 Å². The zero-order valence-electron chi connectivity index (χ0n) is 7.32. The van der Waals surface area contributed by atoms with E-state index in [0.29, 0.717) is 0 Å². The van der Waals surface area contributed by atoms with Gasteiger partial charge in [0.2, 0.25) is 5.91 Å². The van der Waals surface area contributed by atoms with Crippen molar-refractivity contribution in [2.45, 2.75) is 12.8 Å². The Kier molecular flexibility index (Phi) is 2.87. The van der Waals surface area contributed by atoms with E-state index in [1.165, 1.54) is 12.1 Å². The van der Waals surface area contributed by atoms with E-state index < -0.39 is 0 Å². The van der Waals surface area contributed by atoms with Crippen LogP contribution in [0.2, 0.25) is 0 Å². The molecule has 4 N–H and O–H groups in total. The lowest BCUT2D eigenvalue weighted by Crippen LogP contribution is -2.33. The molecule has 0 saturated heterocycles. The lowest BCUT2D eigenvalue weighted by molar-refractivity contribution is -0.122. The van der Waals surface area contributed by atoms with E-state index in [1.807, 2.05) is 0 Å². The summed E-state index contributed by atoms with van der Waals surface area (Å²) in [4.78, 5) is 11.1. The van der Waals surface area contributed by atoms with E-state index in [-0.39, 0.29) is 17.6 Å². The third-order valence-electron chi connectivity index (χ3n) is 1.93. The van der Waals surface area contributed by atoms with Gasteiger partial charge in [0.1, 0.15) is 5.75 Å². The molecule has 0 radical (unpaired) electrons. The van der Waals surface area contributed by atoms with Gasteiger partial charge in [-0.2, -0.15) is 0 Å². The summed E-state index contributed by atoms with van der Waals surface area (Å²) in [6.45, 7) is 1.74. The summed E-state index contributed by atoms with van der Waals surface area (Å²) in [7, 11) is 0. The van der Waals surface area contributed by atoms with Crippen molar-refractivity contribution < 1.29 is 9.90 Å². The SMILES string of the molecule is CC(C(=O)NN)c1ccc(O)cc1. The van der Waals surface area contributed by atoms with Gasteiger partial charge < -0.3 is 5.11 Å². The molecule has 0 fully saturated rings. The zero-order valence-corrected chi connectivity index (χ0v) is 7.32. The Balaban J connectivity index is 2.83. The van der Waals surface area contributed by atoms with Crippen molar-refractivity contribution in [3.05, 3.63) is 29.8 Å². The molecule has 0 spiro atoms. The van der Waals surface area contributed by atoms with Crippen LogP contribution in [0.15, 0.2) is 24.3 Å². The summed E-state index contributed by atoms with van der Waals surface area (Å²) >= 11 is 0. The summed E-state index contributed by atoms with van der Waals surface area (Å²) in [6, 6.07) is 6.45. The highest BCUT2D eigenvalue weighted by molar-refractivity contribution is 5.82. The van der Waals surface area contributed by atoms with E-state index in [1.54, 1.807) is 19.1 Å². The second-order valence-electron chi connectivity index (χ2n) is 2.82. The number of nitrogens with one attached hydrogen (secondary N) is 1. The predicted octanol–water partition coefficient (Wildman–Crippen LogP) is 0.486. The molecule has 0 heterocycles. The highest BCUT2D eigenvalue weighted by Gasteiger charge is 2.12. The monoisotopic (exact) mass is 180 g/mol. The average Bonchev–Trinajstić information content (AvgIpc) is 2.17. The molecule has 0 bridgehead atoms. The lowest BCUT2D eigenvalue weighted by atomic mass is 10.0. The van der Waals surface area contributed by atoms with Crippen molar-refractivity contribution in [2.75, 3.05) is 0 Å². The Hall–Kier alpha value is -1.55. The van der Waals surface area contributed by atoms with Crippen LogP contribution in [0.5, 0.6) is 5.75 Å². The number of nitrogens with two attached hydrogens (primary N) is 1. The molecule has 70 valence electrons. The third-order valence-corrected chi connectivity index (χ3v) is 1.93. The van der Waals surface area contributed by atoms with E-state index >= 15 is 0 Å². The van der Waals surface area contributed by atoms with Gasteiger partial charge in [-0.05, 0) is 24.6 Å². The molecule has 1 rings (SSSR count). The fourth-order valence-electron chi connectivity index (χ4n) is 1.04. The minimum atomic E-state index is -0.300. The maximum absolute atomic E-state index is 11.1. The molecule has 1 aromatic carbocycles. The fraction of sp³-hybridized carbons (Fsp3) is 0.222. The van der Waals surface area contributed by atoms with Crippen molar-refractivity contribution in [3.63, 3.8) is 0 Å². The van der Waals surface area contributed by atoms with Gasteiger partial charge in [-0.25, -0.2) is 5.84 Å². The molecule has 0 aromatic heterocycles. The Morgan fingerprint density at radius 3 is 2.46 bits per heavy atom. The minimum Gasteiger partial charge on any atom is -0.508 e. The molecule has 4 nitrogen and oxygen atoms in total. The highest BCUT2D eigenvalue weighted by atomic mass is 16.3. The first kappa shape index (κ1) is 9.54. The molecular formula is C9H12N2O2.